The van der Waals surface area contributed by atoms with Crippen molar-refractivity contribution in [2.75, 3.05) is 0 Å². The zero-order chi connectivity index (χ0) is 11.7. The number of aldehydes is 1. The zero-order valence-electron chi connectivity index (χ0n) is 10.4. The van der Waals surface area contributed by atoms with Crippen LogP contribution in [0.15, 0.2) is 0 Å². The molecule has 0 amide bonds. The van der Waals surface area contributed by atoms with Crippen molar-refractivity contribution in [2.24, 2.45) is 0 Å². The Balaban J connectivity index is 2.46. The third-order valence-electron chi connectivity index (χ3n) is 3.60. The van der Waals surface area contributed by atoms with Crippen molar-refractivity contribution >= 4 is 17.6 Å². The molecular weight excluding hydrogens is 216 g/mol. The van der Waals surface area contributed by atoms with E-state index in [0.717, 1.165) is 11.8 Å². The van der Waals surface area contributed by atoms with Gasteiger partial charge in [0.2, 0.25) is 0 Å². The summed E-state index contributed by atoms with van der Waals surface area (Å²) in [4.78, 5) is 14.0. The molecule has 0 saturated heterocycles. The minimum Gasteiger partial charge on any atom is -0.298 e. The number of rotatable bonds is 3. The number of hydrogen-bond donors (Lipinski definition) is 0. The predicted octanol–water partition coefficient (Wildman–Crippen LogP) is 4.65. The first-order chi connectivity index (χ1) is 7.65. The quantitative estimate of drug-likeness (QED) is 0.698. The maximum Gasteiger partial charge on any atom is 0.151 e. The number of carbonyl (C=O) groups excluding carboxylic acids is 1. The first-order valence-corrected chi connectivity index (χ1v) is 7.05. The molecule has 2 heteroatoms. The standard InChI is InChI=1S/C14H20OS/c1-9(2)14-12(8-15)13(10(3)16-14)11-6-4-5-7-11/h8-9,11H,4-7H2,1-3H3. The van der Waals surface area contributed by atoms with Gasteiger partial charge in [0.25, 0.3) is 0 Å². The van der Waals surface area contributed by atoms with Crippen LogP contribution >= 0.6 is 11.3 Å². The van der Waals surface area contributed by atoms with Gasteiger partial charge in [0, 0.05) is 15.3 Å². The lowest BCUT2D eigenvalue weighted by Gasteiger charge is -2.11. The molecule has 1 aromatic heterocycles. The predicted molar refractivity (Wildman–Crippen MR) is 69.7 cm³/mol. The molecule has 1 fully saturated rings. The second-order valence-electron chi connectivity index (χ2n) is 5.10. The molecule has 1 aliphatic carbocycles. The molecule has 1 heterocycles. The second-order valence-corrected chi connectivity index (χ2v) is 6.36. The van der Waals surface area contributed by atoms with Crippen LogP contribution in [-0.4, -0.2) is 6.29 Å². The van der Waals surface area contributed by atoms with E-state index in [2.05, 4.69) is 20.8 Å². The Labute approximate surface area is 102 Å². The fourth-order valence-corrected chi connectivity index (χ4v) is 4.09. The Kier molecular flexibility index (Phi) is 3.48. The Morgan fingerprint density at radius 1 is 1.31 bits per heavy atom. The molecule has 0 aromatic carbocycles. The van der Waals surface area contributed by atoms with Gasteiger partial charge in [-0.15, -0.1) is 11.3 Å². The number of aryl methyl sites for hydroxylation is 1. The average Bonchev–Trinajstić information content (AvgIpc) is 2.83. The highest BCUT2D eigenvalue weighted by molar-refractivity contribution is 7.12. The molecule has 1 saturated carbocycles. The van der Waals surface area contributed by atoms with Gasteiger partial charge in [-0.1, -0.05) is 26.7 Å². The van der Waals surface area contributed by atoms with E-state index in [4.69, 9.17) is 0 Å². The van der Waals surface area contributed by atoms with Crippen LogP contribution in [0.4, 0.5) is 0 Å². The van der Waals surface area contributed by atoms with Crippen molar-refractivity contribution in [3.63, 3.8) is 0 Å². The van der Waals surface area contributed by atoms with Gasteiger partial charge in [-0.3, -0.25) is 4.79 Å². The Morgan fingerprint density at radius 2 is 1.94 bits per heavy atom. The van der Waals surface area contributed by atoms with Gasteiger partial charge in [-0.05, 0) is 37.2 Å². The van der Waals surface area contributed by atoms with Crippen LogP contribution in [0, 0.1) is 6.92 Å². The minimum absolute atomic E-state index is 0.471. The zero-order valence-corrected chi connectivity index (χ0v) is 11.2. The molecule has 0 unspecified atom stereocenters. The topological polar surface area (TPSA) is 17.1 Å². The average molecular weight is 236 g/mol. The van der Waals surface area contributed by atoms with Crippen LogP contribution < -0.4 is 0 Å². The molecule has 0 bridgehead atoms. The van der Waals surface area contributed by atoms with E-state index in [1.165, 1.54) is 41.0 Å². The van der Waals surface area contributed by atoms with Gasteiger partial charge < -0.3 is 0 Å². The molecule has 0 N–H and O–H groups in total. The maximum atomic E-state index is 11.3. The second kappa shape index (κ2) is 4.70. The van der Waals surface area contributed by atoms with Crippen molar-refractivity contribution < 1.29 is 4.79 Å². The van der Waals surface area contributed by atoms with Crippen molar-refractivity contribution in [1.82, 2.24) is 0 Å². The Morgan fingerprint density at radius 3 is 2.44 bits per heavy atom. The smallest absolute Gasteiger partial charge is 0.151 e. The van der Waals surface area contributed by atoms with Gasteiger partial charge in [0.1, 0.15) is 0 Å². The summed E-state index contributed by atoms with van der Waals surface area (Å²) in [5, 5.41) is 0. The Hall–Kier alpha value is -0.630. The van der Waals surface area contributed by atoms with E-state index in [1.54, 1.807) is 0 Å². The summed E-state index contributed by atoms with van der Waals surface area (Å²) >= 11 is 1.83. The van der Waals surface area contributed by atoms with Crippen molar-refractivity contribution in [3.05, 3.63) is 20.9 Å². The molecule has 0 atom stereocenters. The lowest BCUT2D eigenvalue weighted by atomic mass is 9.92. The third kappa shape index (κ3) is 1.95. The van der Waals surface area contributed by atoms with Crippen molar-refractivity contribution in [3.8, 4) is 0 Å². The van der Waals surface area contributed by atoms with Gasteiger partial charge in [0.05, 0.1) is 0 Å². The van der Waals surface area contributed by atoms with Gasteiger partial charge in [-0.25, -0.2) is 0 Å². The van der Waals surface area contributed by atoms with E-state index in [9.17, 15) is 4.79 Å². The first-order valence-electron chi connectivity index (χ1n) is 6.23. The molecule has 0 aliphatic heterocycles. The first kappa shape index (κ1) is 11.8. The fraction of sp³-hybridized carbons (Fsp3) is 0.643. The van der Waals surface area contributed by atoms with Crippen LogP contribution in [-0.2, 0) is 0 Å². The minimum atomic E-state index is 0.471. The molecule has 0 radical (unpaired) electrons. The summed E-state index contributed by atoms with van der Waals surface area (Å²) in [6.07, 6.45) is 6.29. The lowest BCUT2D eigenvalue weighted by Crippen LogP contribution is -1.99. The van der Waals surface area contributed by atoms with Crippen LogP contribution in [0.1, 0.15) is 77.0 Å². The van der Waals surface area contributed by atoms with E-state index in [-0.39, 0.29) is 0 Å². The highest BCUT2D eigenvalue weighted by Gasteiger charge is 2.26. The monoisotopic (exact) mass is 236 g/mol. The number of thiophene rings is 1. The van der Waals surface area contributed by atoms with Crippen LogP contribution in [0.2, 0.25) is 0 Å². The largest absolute Gasteiger partial charge is 0.298 e. The third-order valence-corrected chi connectivity index (χ3v) is 5.04. The molecule has 1 nitrogen and oxygen atoms in total. The maximum absolute atomic E-state index is 11.3. The lowest BCUT2D eigenvalue weighted by molar-refractivity contribution is 0.112. The molecule has 1 aliphatic rings. The SMILES string of the molecule is Cc1sc(C(C)C)c(C=O)c1C1CCCC1. The van der Waals surface area contributed by atoms with Crippen LogP contribution in [0.5, 0.6) is 0 Å². The summed E-state index contributed by atoms with van der Waals surface area (Å²) in [6, 6.07) is 0. The highest BCUT2D eigenvalue weighted by atomic mass is 32.1. The van der Waals surface area contributed by atoms with E-state index < -0.39 is 0 Å². The molecule has 1 aromatic rings. The number of hydrogen-bond acceptors (Lipinski definition) is 2. The summed E-state index contributed by atoms with van der Waals surface area (Å²) in [5.41, 5.74) is 2.39. The van der Waals surface area contributed by atoms with Crippen molar-refractivity contribution in [2.45, 2.75) is 58.3 Å². The molecule has 88 valence electrons. The van der Waals surface area contributed by atoms with Gasteiger partial charge >= 0.3 is 0 Å². The van der Waals surface area contributed by atoms with Gasteiger partial charge in [0.15, 0.2) is 6.29 Å². The molecule has 0 spiro atoms. The van der Waals surface area contributed by atoms with E-state index >= 15 is 0 Å². The summed E-state index contributed by atoms with van der Waals surface area (Å²) in [5.74, 6) is 1.13. The summed E-state index contributed by atoms with van der Waals surface area (Å²) in [6.45, 7) is 6.53. The normalized spacial score (nSPS) is 17.2. The van der Waals surface area contributed by atoms with E-state index in [1.807, 2.05) is 11.3 Å². The highest BCUT2D eigenvalue weighted by Crippen LogP contribution is 2.43. The molecule has 2 rings (SSSR count). The van der Waals surface area contributed by atoms with E-state index in [0.29, 0.717) is 11.8 Å². The molecular formula is C14H20OS. The van der Waals surface area contributed by atoms with Crippen molar-refractivity contribution in [1.29, 1.82) is 0 Å². The summed E-state index contributed by atoms with van der Waals surface area (Å²) in [7, 11) is 0. The van der Waals surface area contributed by atoms with Crippen LogP contribution in [0.3, 0.4) is 0 Å². The number of carbonyl (C=O) groups is 1. The Bertz CT molecular complexity index is 384. The summed E-state index contributed by atoms with van der Waals surface area (Å²) < 4.78 is 0. The molecule has 16 heavy (non-hydrogen) atoms. The fourth-order valence-electron chi connectivity index (χ4n) is 2.87. The van der Waals surface area contributed by atoms with Gasteiger partial charge in [-0.2, -0.15) is 0 Å². The van der Waals surface area contributed by atoms with Crippen LogP contribution in [0.25, 0.3) is 0 Å².